The smallest absolute Gasteiger partial charge is 0.322 e. The molecule has 3 unspecified atom stereocenters. The van der Waals surface area contributed by atoms with Crippen molar-refractivity contribution >= 4 is 5.97 Å². The molecule has 1 aromatic rings. The van der Waals surface area contributed by atoms with E-state index in [2.05, 4.69) is 32.2 Å². The highest BCUT2D eigenvalue weighted by molar-refractivity contribution is 5.75. The zero-order valence-corrected chi connectivity index (χ0v) is 13.3. The molecule has 4 nitrogen and oxygen atoms in total. The molecule has 0 spiro atoms. The monoisotopic (exact) mass is 291 g/mol. The number of ether oxygens (including phenoxy) is 2. The largest absolute Gasteiger partial charge is 0.493 e. The number of hydrogen-bond donors (Lipinski definition) is 1. The molecule has 0 bridgehead atoms. The Morgan fingerprint density at radius 2 is 2.14 bits per heavy atom. The first-order valence-corrected chi connectivity index (χ1v) is 7.58. The van der Waals surface area contributed by atoms with Crippen LogP contribution in [0.3, 0.4) is 0 Å². The molecule has 1 aromatic carbocycles. The van der Waals surface area contributed by atoms with Gasteiger partial charge in [-0.25, -0.2) is 0 Å². The highest BCUT2D eigenvalue weighted by atomic mass is 16.5. The molecule has 21 heavy (non-hydrogen) atoms. The van der Waals surface area contributed by atoms with E-state index in [1.54, 1.807) is 0 Å². The van der Waals surface area contributed by atoms with Crippen LogP contribution in [0.5, 0.6) is 5.75 Å². The third kappa shape index (κ3) is 3.76. The maximum Gasteiger partial charge on any atom is 0.322 e. The van der Waals surface area contributed by atoms with Crippen LogP contribution >= 0.6 is 0 Å². The number of fused-ring (bicyclic) bond motifs is 1. The summed E-state index contributed by atoms with van der Waals surface area (Å²) >= 11 is 0. The number of carbonyl (C=O) groups is 1. The van der Waals surface area contributed by atoms with Gasteiger partial charge in [0, 0.05) is 17.5 Å². The van der Waals surface area contributed by atoms with Crippen LogP contribution in [0.1, 0.15) is 38.8 Å². The van der Waals surface area contributed by atoms with Gasteiger partial charge in [0.1, 0.15) is 11.8 Å². The summed E-state index contributed by atoms with van der Waals surface area (Å²) in [7, 11) is 1.44. The maximum atomic E-state index is 12.0. The molecule has 1 heterocycles. The van der Waals surface area contributed by atoms with Crippen molar-refractivity contribution in [3.05, 3.63) is 29.8 Å². The van der Waals surface area contributed by atoms with E-state index in [0.29, 0.717) is 18.4 Å². The average Bonchev–Trinajstić information content (AvgIpc) is 2.48. The van der Waals surface area contributed by atoms with E-state index in [-0.39, 0.29) is 18.1 Å². The van der Waals surface area contributed by atoms with E-state index >= 15 is 0 Å². The number of benzene rings is 1. The summed E-state index contributed by atoms with van der Waals surface area (Å²) < 4.78 is 10.7. The first-order valence-electron chi connectivity index (χ1n) is 7.58. The van der Waals surface area contributed by atoms with Crippen molar-refractivity contribution in [2.75, 3.05) is 13.7 Å². The Kier molecular flexibility index (Phi) is 5.23. The van der Waals surface area contributed by atoms with Gasteiger partial charge in [-0.3, -0.25) is 10.1 Å². The minimum absolute atomic E-state index is 0.109. The van der Waals surface area contributed by atoms with Crippen molar-refractivity contribution in [1.29, 1.82) is 0 Å². The van der Waals surface area contributed by atoms with E-state index in [9.17, 15) is 4.79 Å². The summed E-state index contributed by atoms with van der Waals surface area (Å²) in [5.74, 6) is 1.44. The molecule has 0 saturated carbocycles. The molecule has 3 atom stereocenters. The van der Waals surface area contributed by atoms with Gasteiger partial charge in [-0.15, -0.1) is 0 Å². The van der Waals surface area contributed by atoms with Gasteiger partial charge in [-0.05, 0) is 18.4 Å². The molecule has 0 aromatic heterocycles. The summed E-state index contributed by atoms with van der Waals surface area (Å²) in [4.78, 5) is 12.0. The first-order chi connectivity index (χ1) is 10.0. The zero-order valence-electron chi connectivity index (χ0n) is 13.3. The molecule has 0 aliphatic carbocycles. The fourth-order valence-electron chi connectivity index (χ4n) is 2.81. The van der Waals surface area contributed by atoms with Crippen LogP contribution in [0.25, 0.3) is 0 Å². The second kappa shape index (κ2) is 6.94. The van der Waals surface area contributed by atoms with E-state index in [1.807, 2.05) is 18.2 Å². The predicted octanol–water partition coefficient (Wildman–Crippen LogP) is 2.93. The molecule has 0 saturated heterocycles. The Hall–Kier alpha value is -1.55. The van der Waals surface area contributed by atoms with Crippen LogP contribution in [0.4, 0.5) is 0 Å². The van der Waals surface area contributed by atoms with Gasteiger partial charge >= 0.3 is 5.97 Å². The van der Waals surface area contributed by atoms with E-state index in [4.69, 9.17) is 9.47 Å². The molecule has 116 valence electrons. The average molecular weight is 291 g/mol. The van der Waals surface area contributed by atoms with E-state index < -0.39 is 0 Å². The second-order valence-electron chi connectivity index (χ2n) is 6.18. The van der Waals surface area contributed by atoms with Crippen LogP contribution in [-0.4, -0.2) is 25.7 Å². The van der Waals surface area contributed by atoms with Crippen LogP contribution in [0.15, 0.2) is 24.3 Å². The maximum absolute atomic E-state index is 12.0. The summed E-state index contributed by atoms with van der Waals surface area (Å²) in [6, 6.07) is 7.84. The minimum atomic E-state index is -0.284. The summed E-state index contributed by atoms with van der Waals surface area (Å²) in [6.07, 6.45) is 0.763. The van der Waals surface area contributed by atoms with Gasteiger partial charge in [0.05, 0.1) is 13.7 Å². The fourth-order valence-corrected chi connectivity index (χ4v) is 2.81. The van der Waals surface area contributed by atoms with Crippen molar-refractivity contribution < 1.29 is 14.3 Å². The number of hydrogen-bond acceptors (Lipinski definition) is 4. The van der Waals surface area contributed by atoms with Crippen molar-refractivity contribution in [2.24, 2.45) is 11.8 Å². The Bertz CT molecular complexity index is 487. The Labute approximate surface area is 126 Å². The van der Waals surface area contributed by atoms with Crippen LogP contribution in [-0.2, 0) is 9.53 Å². The Morgan fingerprint density at radius 3 is 2.81 bits per heavy atom. The SMILES string of the molecule is COC(=O)C(CC(C)C)NC1c2ccccc2OCC1C. The third-order valence-corrected chi connectivity index (χ3v) is 3.90. The first kappa shape index (κ1) is 15.8. The molecular weight excluding hydrogens is 266 g/mol. The van der Waals surface area contributed by atoms with Crippen LogP contribution < -0.4 is 10.1 Å². The normalized spacial score (nSPS) is 22.3. The van der Waals surface area contributed by atoms with E-state index in [1.165, 1.54) is 7.11 Å². The lowest BCUT2D eigenvalue weighted by Crippen LogP contribution is -2.45. The molecule has 2 rings (SSSR count). The molecule has 1 aliphatic heterocycles. The van der Waals surface area contributed by atoms with Crippen molar-refractivity contribution in [3.63, 3.8) is 0 Å². The molecule has 4 heteroatoms. The lowest BCUT2D eigenvalue weighted by Gasteiger charge is -2.34. The van der Waals surface area contributed by atoms with Gasteiger partial charge < -0.3 is 9.47 Å². The molecule has 0 fully saturated rings. The summed E-state index contributed by atoms with van der Waals surface area (Å²) in [5, 5.41) is 3.49. The highest BCUT2D eigenvalue weighted by Crippen LogP contribution is 2.35. The quantitative estimate of drug-likeness (QED) is 0.847. The fraction of sp³-hybridized carbons (Fsp3) is 0.588. The number of esters is 1. The standard InChI is InChI=1S/C17H25NO3/c1-11(2)9-14(17(19)20-4)18-16-12(3)10-21-15-8-6-5-7-13(15)16/h5-8,11-12,14,16,18H,9-10H2,1-4H3. The molecule has 1 aliphatic rings. The number of nitrogens with one attached hydrogen (secondary N) is 1. The van der Waals surface area contributed by atoms with Gasteiger partial charge in [0.25, 0.3) is 0 Å². The van der Waals surface area contributed by atoms with Crippen molar-refractivity contribution in [1.82, 2.24) is 5.32 Å². The van der Waals surface area contributed by atoms with Crippen LogP contribution in [0, 0.1) is 11.8 Å². The molecule has 0 amide bonds. The Balaban J connectivity index is 2.21. The molecule has 1 N–H and O–H groups in total. The second-order valence-corrected chi connectivity index (χ2v) is 6.18. The van der Waals surface area contributed by atoms with Crippen molar-refractivity contribution in [3.8, 4) is 5.75 Å². The lowest BCUT2D eigenvalue weighted by atomic mass is 9.90. The van der Waals surface area contributed by atoms with Crippen molar-refractivity contribution in [2.45, 2.75) is 39.3 Å². The molecule has 0 radical (unpaired) electrons. The highest BCUT2D eigenvalue weighted by Gasteiger charge is 2.32. The number of para-hydroxylation sites is 1. The number of methoxy groups -OCH3 is 1. The van der Waals surface area contributed by atoms with Crippen LogP contribution in [0.2, 0.25) is 0 Å². The van der Waals surface area contributed by atoms with Gasteiger partial charge in [0.15, 0.2) is 0 Å². The minimum Gasteiger partial charge on any atom is -0.493 e. The number of rotatable bonds is 5. The third-order valence-electron chi connectivity index (χ3n) is 3.90. The Morgan fingerprint density at radius 1 is 1.43 bits per heavy atom. The summed E-state index contributed by atoms with van der Waals surface area (Å²) in [6.45, 7) is 7.01. The van der Waals surface area contributed by atoms with E-state index in [0.717, 1.165) is 17.7 Å². The predicted molar refractivity (Wildman–Crippen MR) is 82.2 cm³/mol. The summed E-state index contributed by atoms with van der Waals surface area (Å²) in [5.41, 5.74) is 1.12. The zero-order chi connectivity index (χ0) is 15.4. The van der Waals surface area contributed by atoms with Gasteiger partial charge in [-0.2, -0.15) is 0 Å². The van der Waals surface area contributed by atoms with Gasteiger partial charge in [-0.1, -0.05) is 39.0 Å². The molecular formula is C17H25NO3. The lowest BCUT2D eigenvalue weighted by molar-refractivity contribution is -0.144. The van der Waals surface area contributed by atoms with Gasteiger partial charge in [0.2, 0.25) is 0 Å². The number of carbonyl (C=O) groups excluding carboxylic acids is 1. The topological polar surface area (TPSA) is 47.6 Å².